The average Bonchev–Trinajstić information content (AvgIpc) is 3.00. The van der Waals surface area contributed by atoms with Crippen LogP contribution in [0.2, 0.25) is 0 Å². The maximum Gasteiger partial charge on any atom is 0.232 e. The lowest BCUT2D eigenvalue weighted by molar-refractivity contribution is 0.384. The van der Waals surface area contributed by atoms with Gasteiger partial charge in [0.05, 0.1) is 12.7 Å². The van der Waals surface area contributed by atoms with Gasteiger partial charge < -0.3 is 9.09 Å². The van der Waals surface area contributed by atoms with Gasteiger partial charge in [-0.05, 0) is 12.1 Å². The number of aryl methyl sites for hydroxylation is 1. The van der Waals surface area contributed by atoms with Crippen LogP contribution in [-0.4, -0.2) is 19.7 Å². The molecular weight excluding hydrogens is 308 g/mol. The summed E-state index contributed by atoms with van der Waals surface area (Å²) in [6.45, 7) is 0. The summed E-state index contributed by atoms with van der Waals surface area (Å²) in [5, 5.41) is 4.00. The van der Waals surface area contributed by atoms with Crippen molar-refractivity contribution in [3.05, 3.63) is 52.8 Å². The molecule has 0 unspecified atom stereocenters. The van der Waals surface area contributed by atoms with E-state index in [1.54, 1.807) is 12.5 Å². The predicted molar refractivity (Wildman–Crippen MR) is 73.4 cm³/mol. The second kappa shape index (κ2) is 4.97. The molecule has 96 valence electrons. The molecule has 3 aromatic rings. The minimum atomic E-state index is 0.581. The second-order valence-corrected chi connectivity index (χ2v) is 5.11. The largest absolute Gasteiger partial charge is 0.339 e. The van der Waals surface area contributed by atoms with E-state index in [2.05, 4.69) is 31.1 Å². The molecule has 0 aliphatic rings. The number of halogens is 1. The number of benzene rings is 1. The van der Waals surface area contributed by atoms with Crippen LogP contribution in [0.3, 0.4) is 0 Å². The number of nitrogens with zero attached hydrogens (tertiary/aromatic N) is 4. The lowest BCUT2D eigenvalue weighted by Gasteiger charge is -1.96. The van der Waals surface area contributed by atoms with Crippen molar-refractivity contribution in [3.8, 4) is 11.4 Å². The average molecular weight is 319 g/mol. The molecule has 0 amide bonds. The van der Waals surface area contributed by atoms with Gasteiger partial charge in [-0.2, -0.15) is 4.98 Å². The third-order valence-electron chi connectivity index (χ3n) is 2.80. The third kappa shape index (κ3) is 2.58. The smallest absolute Gasteiger partial charge is 0.232 e. The van der Waals surface area contributed by atoms with Crippen molar-refractivity contribution in [3.63, 3.8) is 0 Å². The number of hydrogen-bond donors (Lipinski definition) is 0. The molecule has 3 rings (SSSR count). The van der Waals surface area contributed by atoms with Gasteiger partial charge in [0.25, 0.3) is 0 Å². The Morgan fingerprint density at radius 3 is 3.00 bits per heavy atom. The van der Waals surface area contributed by atoms with Crippen LogP contribution < -0.4 is 0 Å². The molecule has 1 aromatic carbocycles. The van der Waals surface area contributed by atoms with E-state index in [-0.39, 0.29) is 0 Å². The highest BCUT2D eigenvalue weighted by Crippen LogP contribution is 2.20. The molecule has 0 fully saturated rings. The van der Waals surface area contributed by atoms with E-state index in [0.29, 0.717) is 18.1 Å². The summed E-state index contributed by atoms with van der Waals surface area (Å²) in [5.74, 6) is 1.18. The summed E-state index contributed by atoms with van der Waals surface area (Å²) in [7, 11) is 1.94. The maximum absolute atomic E-state index is 5.27. The Balaban J connectivity index is 1.86. The summed E-state index contributed by atoms with van der Waals surface area (Å²) in [6, 6.07) is 7.80. The van der Waals surface area contributed by atoms with Crippen molar-refractivity contribution >= 4 is 15.9 Å². The molecule has 0 saturated heterocycles. The SMILES string of the molecule is Cn1cncc1Cc1nc(-c2cccc(Br)c2)no1. The highest BCUT2D eigenvalue weighted by atomic mass is 79.9. The summed E-state index contributed by atoms with van der Waals surface area (Å²) < 4.78 is 8.19. The Kier molecular flexibility index (Phi) is 3.16. The van der Waals surface area contributed by atoms with E-state index in [1.807, 2.05) is 35.9 Å². The Hall–Kier alpha value is -1.95. The van der Waals surface area contributed by atoms with E-state index in [9.17, 15) is 0 Å². The maximum atomic E-state index is 5.27. The lowest BCUT2D eigenvalue weighted by atomic mass is 10.2. The molecule has 0 spiro atoms. The first kappa shape index (κ1) is 12.1. The predicted octanol–water partition coefficient (Wildman–Crippen LogP) is 2.82. The van der Waals surface area contributed by atoms with E-state index in [1.165, 1.54) is 0 Å². The van der Waals surface area contributed by atoms with Gasteiger partial charge in [0, 0.05) is 29.0 Å². The van der Waals surface area contributed by atoms with Crippen molar-refractivity contribution in [2.24, 2.45) is 7.05 Å². The molecular formula is C13H11BrN4O. The van der Waals surface area contributed by atoms with Crippen LogP contribution in [0.5, 0.6) is 0 Å². The standard InChI is InChI=1S/C13H11BrN4O/c1-18-8-15-7-11(18)6-12-16-13(17-19-12)9-3-2-4-10(14)5-9/h2-5,7-8H,6H2,1H3. The summed E-state index contributed by atoms with van der Waals surface area (Å²) in [6.07, 6.45) is 4.13. The lowest BCUT2D eigenvalue weighted by Crippen LogP contribution is -1.96. The molecule has 0 atom stereocenters. The van der Waals surface area contributed by atoms with Crippen molar-refractivity contribution in [1.29, 1.82) is 0 Å². The quantitative estimate of drug-likeness (QED) is 0.745. The molecule has 2 heterocycles. The van der Waals surface area contributed by atoms with Crippen LogP contribution in [0.25, 0.3) is 11.4 Å². The fraction of sp³-hybridized carbons (Fsp3) is 0.154. The summed E-state index contributed by atoms with van der Waals surface area (Å²) in [5.41, 5.74) is 1.96. The molecule has 0 N–H and O–H groups in total. The van der Waals surface area contributed by atoms with Crippen LogP contribution in [0.1, 0.15) is 11.6 Å². The van der Waals surface area contributed by atoms with Gasteiger partial charge in [-0.25, -0.2) is 4.98 Å². The molecule has 0 bridgehead atoms. The Morgan fingerprint density at radius 2 is 2.26 bits per heavy atom. The van der Waals surface area contributed by atoms with Gasteiger partial charge in [-0.1, -0.05) is 33.2 Å². The monoisotopic (exact) mass is 318 g/mol. The van der Waals surface area contributed by atoms with Crippen LogP contribution >= 0.6 is 15.9 Å². The van der Waals surface area contributed by atoms with Gasteiger partial charge in [0.15, 0.2) is 0 Å². The topological polar surface area (TPSA) is 56.7 Å². The first-order chi connectivity index (χ1) is 9.22. The van der Waals surface area contributed by atoms with Crippen LogP contribution in [0, 0.1) is 0 Å². The van der Waals surface area contributed by atoms with E-state index in [0.717, 1.165) is 15.7 Å². The first-order valence-electron chi connectivity index (χ1n) is 5.76. The normalized spacial score (nSPS) is 10.8. The molecule has 0 aliphatic carbocycles. The second-order valence-electron chi connectivity index (χ2n) is 4.19. The third-order valence-corrected chi connectivity index (χ3v) is 3.29. The van der Waals surface area contributed by atoms with E-state index in [4.69, 9.17) is 4.52 Å². The molecule has 0 aliphatic heterocycles. The van der Waals surface area contributed by atoms with E-state index >= 15 is 0 Å². The van der Waals surface area contributed by atoms with Crippen molar-refractivity contribution in [2.45, 2.75) is 6.42 Å². The van der Waals surface area contributed by atoms with E-state index < -0.39 is 0 Å². The fourth-order valence-corrected chi connectivity index (χ4v) is 2.18. The van der Waals surface area contributed by atoms with Crippen LogP contribution in [0.15, 0.2) is 45.8 Å². The molecule has 0 saturated carbocycles. The molecule has 6 heteroatoms. The Labute approximate surface area is 118 Å². The summed E-state index contributed by atoms with van der Waals surface area (Å²) in [4.78, 5) is 8.46. The zero-order valence-electron chi connectivity index (χ0n) is 10.2. The highest BCUT2D eigenvalue weighted by molar-refractivity contribution is 9.10. The zero-order valence-corrected chi connectivity index (χ0v) is 11.8. The van der Waals surface area contributed by atoms with Crippen molar-refractivity contribution < 1.29 is 4.52 Å². The fourth-order valence-electron chi connectivity index (χ4n) is 1.78. The van der Waals surface area contributed by atoms with Crippen LogP contribution in [0.4, 0.5) is 0 Å². The van der Waals surface area contributed by atoms with Crippen LogP contribution in [-0.2, 0) is 13.5 Å². The minimum absolute atomic E-state index is 0.581. The molecule has 5 nitrogen and oxygen atoms in total. The van der Waals surface area contributed by atoms with Crippen molar-refractivity contribution in [1.82, 2.24) is 19.7 Å². The number of rotatable bonds is 3. The van der Waals surface area contributed by atoms with Gasteiger partial charge in [0.1, 0.15) is 0 Å². The Bertz CT molecular complexity index is 704. The van der Waals surface area contributed by atoms with Gasteiger partial charge >= 0.3 is 0 Å². The number of hydrogen-bond acceptors (Lipinski definition) is 4. The molecule has 2 aromatic heterocycles. The van der Waals surface area contributed by atoms with Gasteiger partial charge in [-0.15, -0.1) is 0 Å². The molecule has 0 radical (unpaired) electrons. The first-order valence-corrected chi connectivity index (χ1v) is 6.55. The van der Waals surface area contributed by atoms with Gasteiger partial charge in [0.2, 0.25) is 11.7 Å². The summed E-state index contributed by atoms with van der Waals surface area (Å²) >= 11 is 3.43. The molecule has 19 heavy (non-hydrogen) atoms. The highest BCUT2D eigenvalue weighted by Gasteiger charge is 2.10. The zero-order chi connectivity index (χ0) is 13.2. The minimum Gasteiger partial charge on any atom is -0.339 e. The van der Waals surface area contributed by atoms with Crippen molar-refractivity contribution in [2.75, 3.05) is 0 Å². The number of aromatic nitrogens is 4. The van der Waals surface area contributed by atoms with Gasteiger partial charge in [-0.3, -0.25) is 0 Å². The number of imidazole rings is 1. The Morgan fingerprint density at radius 1 is 1.37 bits per heavy atom.